The van der Waals surface area contributed by atoms with Gasteiger partial charge in [-0.15, -0.1) is 0 Å². The highest BCUT2D eigenvalue weighted by Crippen LogP contribution is 2.19. The summed E-state index contributed by atoms with van der Waals surface area (Å²) in [6, 6.07) is 8.30. The normalized spacial score (nSPS) is 10.6. The predicted octanol–water partition coefficient (Wildman–Crippen LogP) is 2.07. The van der Waals surface area contributed by atoms with Gasteiger partial charge in [-0.25, -0.2) is 4.68 Å². The number of nitrogens with two attached hydrogens (primary N) is 1. The number of nitrogens with zero attached hydrogens (tertiary/aromatic N) is 2. The highest BCUT2D eigenvalue weighted by atomic mass is 15.3. The lowest BCUT2D eigenvalue weighted by Gasteiger charge is -2.12. The van der Waals surface area contributed by atoms with E-state index < -0.39 is 0 Å². The van der Waals surface area contributed by atoms with Gasteiger partial charge in [0.05, 0.1) is 5.69 Å². The summed E-state index contributed by atoms with van der Waals surface area (Å²) in [5.74, 6) is 0. The van der Waals surface area contributed by atoms with Crippen LogP contribution in [0.3, 0.4) is 0 Å². The Bertz CT molecular complexity index is 446. The Morgan fingerprint density at radius 3 is 2.88 bits per heavy atom. The molecule has 0 unspecified atom stereocenters. The molecule has 2 rings (SSSR count). The van der Waals surface area contributed by atoms with Crippen LogP contribution < -0.4 is 5.73 Å². The first kappa shape index (κ1) is 10.9. The molecule has 0 aliphatic rings. The second-order valence-electron chi connectivity index (χ2n) is 3.93. The zero-order valence-electron chi connectivity index (χ0n) is 9.56. The lowest BCUT2D eigenvalue weighted by atomic mass is 10.0. The van der Waals surface area contributed by atoms with Crippen molar-refractivity contribution in [3.63, 3.8) is 0 Å². The molecule has 0 fully saturated rings. The maximum Gasteiger partial charge on any atom is 0.0706 e. The van der Waals surface area contributed by atoms with Gasteiger partial charge in [-0.05, 0) is 43.5 Å². The molecular weight excluding hydrogens is 198 g/mol. The van der Waals surface area contributed by atoms with Gasteiger partial charge in [0.1, 0.15) is 0 Å². The average Bonchev–Trinajstić information content (AvgIpc) is 2.79. The Morgan fingerprint density at radius 2 is 2.19 bits per heavy atom. The molecule has 1 aromatic heterocycles. The Hall–Kier alpha value is -1.61. The third kappa shape index (κ3) is 2.14. The molecule has 2 N–H and O–H groups in total. The Labute approximate surface area is 95.9 Å². The third-order valence-electron chi connectivity index (χ3n) is 2.71. The van der Waals surface area contributed by atoms with E-state index in [0.717, 1.165) is 19.4 Å². The molecule has 16 heavy (non-hydrogen) atoms. The first-order valence-electron chi connectivity index (χ1n) is 5.61. The van der Waals surface area contributed by atoms with Crippen LogP contribution in [0.25, 0.3) is 5.69 Å². The van der Waals surface area contributed by atoms with Crippen LogP contribution in [0.5, 0.6) is 0 Å². The predicted molar refractivity (Wildman–Crippen MR) is 65.7 cm³/mol. The average molecular weight is 215 g/mol. The summed E-state index contributed by atoms with van der Waals surface area (Å²) in [6.45, 7) is 2.84. The van der Waals surface area contributed by atoms with Gasteiger partial charge in [0.2, 0.25) is 0 Å². The SMILES string of the molecule is Cc1cccc(CCCN)c1-n1cccn1. The monoisotopic (exact) mass is 215 g/mol. The summed E-state index contributed by atoms with van der Waals surface area (Å²) >= 11 is 0. The molecule has 0 saturated heterocycles. The van der Waals surface area contributed by atoms with Crippen LogP contribution in [0.2, 0.25) is 0 Å². The zero-order chi connectivity index (χ0) is 11.4. The number of rotatable bonds is 4. The van der Waals surface area contributed by atoms with Crippen LogP contribution in [0, 0.1) is 6.92 Å². The van der Waals surface area contributed by atoms with Crippen molar-refractivity contribution < 1.29 is 0 Å². The first-order chi connectivity index (χ1) is 7.83. The van der Waals surface area contributed by atoms with Gasteiger partial charge >= 0.3 is 0 Å². The largest absolute Gasteiger partial charge is 0.330 e. The van der Waals surface area contributed by atoms with E-state index in [1.807, 2.05) is 16.9 Å². The van der Waals surface area contributed by atoms with E-state index in [2.05, 4.69) is 30.2 Å². The van der Waals surface area contributed by atoms with Gasteiger partial charge in [0.25, 0.3) is 0 Å². The molecule has 2 aromatic rings. The summed E-state index contributed by atoms with van der Waals surface area (Å²) in [5, 5.41) is 4.30. The molecule has 1 heterocycles. The van der Waals surface area contributed by atoms with Crippen LogP contribution in [0.4, 0.5) is 0 Å². The van der Waals surface area contributed by atoms with Crippen LogP contribution in [0.1, 0.15) is 17.5 Å². The fourth-order valence-electron chi connectivity index (χ4n) is 1.94. The number of benzene rings is 1. The Morgan fingerprint density at radius 1 is 1.31 bits per heavy atom. The summed E-state index contributed by atoms with van der Waals surface area (Å²) in [5.41, 5.74) is 9.32. The van der Waals surface area contributed by atoms with E-state index in [-0.39, 0.29) is 0 Å². The van der Waals surface area contributed by atoms with Gasteiger partial charge in [0, 0.05) is 12.4 Å². The fraction of sp³-hybridized carbons (Fsp3) is 0.308. The van der Waals surface area contributed by atoms with Gasteiger partial charge in [-0.1, -0.05) is 18.2 Å². The number of hydrogen-bond acceptors (Lipinski definition) is 2. The summed E-state index contributed by atoms with van der Waals surface area (Å²) in [6.07, 6.45) is 5.80. The van der Waals surface area contributed by atoms with Crippen LogP contribution in [0.15, 0.2) is 36.7 Å². The van der Waals surface area contributed by atoms with E-state index in [4.69, 9.17) is 5.73 Å². The van der Waals surface area contributed by atoms with Crippen LogP contribution in [-0.2, 0) is 6.42 Å². The molecule has 0 aliphatic heterocycles. The van der Waals surface area contributed by atoms with Crippen molar-refractivity contribution in [3.8, 4) is 5.69 Å². The fourth-order valence-corrected chi connectivity index (χ4v) is 1.94. The molecule has 0 spiro atoms. The van der Waals surface area contributed by atoms with Gasteiger partial charge < -0.3 is 5.73 Å². The van der Waals surface area contributed by atoms with E-state index in [0.29, 0.717) is 0 Å². The summed E-state index contributed by atoms with van der Waals surface area (Å²) in [4.78, 5) is 0. The molecular formula is C13H17N3. The minimum absolute atomic E-state index is 0.729. The van der Waals surface area contributed by atoms with Gasteiger partial charge in [-0.3, -0.25) is 0 Å². The minimum Gasteiger partial charge on any atom is -0.330 e. The van der Waals surface area contributed by atoms with Crippen molar-refractivity contribution in [3.05, 3.63) is 47.8 Å². The molecule has 0 radical (unpaired) electrons. The quantitative estimate of drug-likeness (QED) is 0.848. The first-order valence-corrected chi connectivity index (χ1v) is 5.61. The molecule has 84 valence electrons. The van der Waals surface area contributed by atoms with Crippen LogP contribution >= 0.6 is 0 Å². The molecule has 0 atom stereocenters. The van der Waals surface area contributed by atoms with Gasteiger partial charge in [-0.2, -0.15) is 5.10 Å². The lowest BCUT2D eigenvalue weighted by Crippen LogP contribution is -2.06. The number of aryl methyl sites for hydroxylation is 2. The molecule has 1 aromatic carbocycles. The molecule has 3 heteroatoms. The van der Waals surface area contributed by atoms with Crippen molar-refractivity contribution in [2.45, 2.75) is 19.8 Å². The molecule has 3 nitrogen and oxygen atoms in total. The van der Waals surface area contributed by atoms with E-state index in [1.54, 1.807) is 6.20 Å². The number of para-hydroxylation sites is 1. The van der Waals surface area contributed by atoms with Crippen molar-refractivity contribution in [1.82, 2.24) is 9.78 Å². The highest BCUT2D eigenvalue weighted by molar-refractivity contribution is 5.47. The molecule has 0 aliphatic carbocycles. The molecule has 0 bridgehead atoms. The van der Waals surface area contributed by atoms with Crippen LogP contribution in [-0.4, -0.2) is 16.3 Å². The van der Waals surface area contributed by atoms with E-state index in [1.165, 1.54) is 16.8 Å². The zero-order valence-corrected chi connectivity index (χ0v) is 9.56. The highest BCUT2D eigenvalue weighted by Gasteiger charge is 2.07. The van der Waals surface area contributed by atoms with Crippen molar-refractivity contribution in [1.29, 1.82) is 0 Å². The van der Waals surface area contributed by atoms with Crippen molar-refractivity contribution >= 4 is 0 Å². The molecule has 0 amide bonds. The van der Waals surface area contributed by atoms with E-state index >= 15 is 0 Å². The Balaban J connectivity index is 2.41. The second kappa shape index (κ2) is 4.94. The van der Waals surface area contributed by atoms with Crippen molar-refractivity contribution in [2.24, 2.45) is 5.73 Å². The third-order valence-corrected chi connectivity index (χ3v) is 2.71. The van der Waals surface area contributed by atoms with E-state index in [9.17, 15) is 0 Å². The topological polar surface area (TPSA) is 43.8 Å². The maximum absolute atomic E-state index is 5.56. The number of hydrogen-bond donors (Lipinski definition) is 1. The lowest BCUT2D eigenvalue weighted by molar-refractivity contribution is 0.800. The minimum atomic E-state index is 0.729. The number of aromatic nitrogens is 2. The summed E-state index contributed by atoms with van der Waals surface area (Å²) in [7, 11) is 0. The van der Waals surface area contributed by atoms with Gasteiger partial charge in [0.15, 0.2) is 0 Å². The Kier molecular flexibility index (Phi) is 3.37. The van der Waals surface area contributed by atoms with Crippen molar-refractivity contribution in [2.75, 3.05) is 6.54 Å². The standard InChI is InChI=1S/C13H17N3/c1-11-5-2-6-12(7-3-8-14)13(11)16-10-4-9-15-16/h2,4-6,9-10H,3,7-8,14H2,1H3. The second-order valence-corrected chi connectivity index (χ2v) is 3.93. The maximum atomic E-state index is 5.56. The summed E-state index contributed by atoms with van der Waals surface area (Å²) < 4.78 is 1.93. The smallest absolute Gasteiger partial charge is 0.0706 e. The molecule has 0 saturated carbocycles.